The van der Waals surface area contributed by atoms with E-state index in [4.69, 9.17) is 5.11 Å². The van der Waals surface area contributed by atoms with Gasteiger partial charge in [-0.15, -0.1) is 0 Å². The molecule has 102 valence electrons. The van der Waals surface area contributed by atoms with Gasteiger partial charge in [0.05, 0.1) is 16.8 Å². The molecule has 0 atom stereocenters. The Balaban J connectivity index is 2.46. The van der Waals surface area contributed by atoms with E-state index >= 15 is 0 Å². The number of carboxylic acid groups (broad SMARTS) is 2. The van der Waals surface area contributed by atoms with E-state index < -0.39 is 11.9 Å². The molecule has 0 radical (unpaired) electrons. The minimum Gasteiger partial charge on any atom is -0.478 e. The van der Waals surface area contributed by atoms with Crippen LogP contribution >= 0.6 is 0 Å². The van der Waals surface area contributed by atoms with Gasteiger partial charge in [0.2, 0.25) is 0 Å². The van der Waals surface area contributed by atoms with E-state index in [2.05, 4.69) is 0 Å². The van der Waals surface area contributed by atoms with Gasteiger partial charge in [-0.2, -0.15) is 0 Å². The summed E-state index contributed by atoms with van der Waals surface area (Å²) in [6.07, 6.45) is 4.29. The van der Waals surface area contributed by atoms with Crippen LogP contribution in [0.5, 0.6) is 0 Å². The van der Waals surface area contributed by atoms with Gasteiger partial charge >= 0.3 is 11.9 Å². The lowest BCUT2D eigenvalue weighted by atomic mass is 10.0. The number of rotatable bonds is 3. The van der Waals surface area contributed by atoms with Crippen molar-refractivity contribution < 1.29 is 19.8 Å². The first kappa shape index (κ1) is 13.4. The molecule has 1 aromatic rings. The third kappa shape index (κ3) is 2.86. The van der Waals surface area contributed by atoms with Gasteiger partial charge in [-0.1, -0.05) is 18.9 Å². The predicted octanol–water partition coefficient (Wildman–Crippen LogP) is 2.46. The predicted molar refractivity (Wildman–Crippen MR) is 71.0 cm³/mol. The summed E-state index contributed by atoms with van der Waals surface area (Å²) in [5, 5.41) is 18.4. The van der Waals surface area contributed by atoms with Gasteiger partial charge in [-0.25, -0.2) is 9.59 Å². The zero-order valence-corrected chi connectivity index (χ0v) is 10.6. The highest BCUT2D eigenvalue weighted by Crippen LogP contribution is 2.26. The fourth-order valence-electron chi connectivity index (χ4n) is 2.52. The Bertz CT molecular complexity index is 490. The average molecular weight is 263 g/mol. The Morgan fingerprint density at radius 3 is 2.11 bits per heavy atom. The first-order valence-corrected chi connectivity index (χ1v) is 6.46. The van der Waals surface area contributed by atoms with Crippen LogP contribution in [0.3, 0.4) is 0 Å². The Morgan fingerprint density at radius 2 is 1.58 bits per heavy atom. The zero-order valence-electron chi connectivity index (χ0n) is 10.6. The van der Waals surface area contributed by atoms with Crippen LogP contribution in [-0.2, 0) is 0 Å². The van der Waals surface area contributed by atoms with E-state index in [1.54, 1.807) is 12.1 Å². The molecule has 0 bridgehead atoms. The molecule has 19 heavy (non-hydrogen) atoms. The quantitative estimate of drug-likeness (QED) is 0.875. The van der Waals surface area contributed by atoms with Crippen LogP contribution < -0.4 is 4.90 Å². The SMILES string of the molecule is O=C(O)c1cccc(N2CCCCCC2)c1C(=O)O. The van der Waals surface area contributed by atoms with Gasteiger partial charge in [-0.3, -0.25) is 0 Å². The number of carboxylic acids is 2. The molecule has 5 nitrogen and oxygen atoms in total. The third-order valence-corrected chi connectivity index (χ3v) is 3.43. The van der Waals surface area contributed by atoms with Crippen molar-refractivity contribution in [2.24, 2.45) is 0 Å². The molecule has 2 rings (SSSR count). The second-order valence-electron chi connectivity index (χ2n) is 4.71. The van der Waals surface area contributed by atoms with Gasteiger partial charge in [0.15, 0.2) is 0 Å². The molecule has 0 aliphatic carbocycles. The van der Waals surface area contributed by atoms with Crippen LogP contribution in [0.1, 0.15) is 46.4 Å². The summed E-state index contributed by atoms with van der Waals surface area (Å²) in [7, 11) is 0. The highest BCUT2D eigenvalue weighted by atomic mass is 16.4. The molecular weight excluding hydrogens is 246 g/mol. The second-order valence-corrected chi connectivity index (χ2v) is 4.71. The van der Waals surface area contributed by atoms with Gasteiger partial charge in [-0.05, 0) is 25.0 Å². The summed E-state index contributed by atoms with van der Waals surface area (Å²) >= 11 is 0. The summed E-state index contributed by atoms with van der Waals surface area (Å²) in [6, 6.07) is 4.64. The van der Waals surface area contributed by atoms with Crippen molar-refractivity contribution in [2.45, 2.75) is 25.7 Å². The number of anilines is 1. The van der Waals surface area contributed by atoms with Crippen LogP contribution in [0.4, 0.5) is 5.69 Å². The molecule has 0 unspecified atom stereocenters. The van der Waals surface area contributed by atoms with Crippen molar-refractivity contribution in [2.75, 3.05) is 18.0 Å². The van der Waals surface area contributed by atoms with Crippen LogP contribution in [0, 0.1) is 0 Å². The first-order chi connectivity index (χ1) is 9.11. The first-order valence-electron chi connectivity index (χ1n) is 6.46. The minimum absolute atomic E-state index is 0.100. The number of benzene rings is 1. The molecule has 0 amide bonds. The van der Waals surface area contributed by atoms with Crippen LogP contribution in [0.25, 0.3) is 0 Å². The monoisotopic (exact) mass is 263 g/mol. The molecular formula is C14H17NO4. The van der Waals surface area contributed by atoms with E-state index in [0.29, 0.717) is 5.69 Å². The third-order valence-electron chi connectivity index (χ3n) is 3.43. The Morgan fingerprint density at radius 1 is 0.947 bits per heavy atom. The van der Waals surface area contributed by atoms with Gasteiger partial charge in [0.25, 0.3) is 0 Å². The molecule has 0 spiro atoms. The highest BCUT2D eigenvalue weighted by molar-refractivity contribution is 6.05. The normalized spacial score (nSPS) is 15.9. The van der Waals surface area contributed by atoms with Crippen LogP contribution in [0.2, 0.25) is 0 Å². The number of carbonyl (C=O) groups is 2. The van der Waals surface area contributed by atoms with Gasteiger partial charge in [0, 0.05) is 13.1 Å². The summed E-state index contributed by atoms with van der Waals surface area (Å²) in [4.78, 5) is 24.5. The summed E-state index contributed by atoms with van der Waals surface area (Å²) in [6.45, 7) is 1.56. The van der Waals surface area contributed by atoms with Crippen molar-refractivity contribution in [3.63, 3.8) is 0 Å². The van der Waals surface area contributed by atoms with Gasteiger partial charge in [0.1, 0.15) is 0 Å². The van der Waals surface area contributed by atoms with E-state index in [-0.39, 0.29) is 11.1 Å². The van der Waals surface area contributed by atoms with Crippen molar-refractivity contribution in [3.8, 4) is 0 Å². The lowest BCUT2D eigenvalue weighted by Gasteiger charge is -2.25. The summed E-state index contributed by atoms with van der Waals surface area (Å²) < 4.78 is 0. The molecule has 1 fully saturated rings. The summed E-state index contributed by atoms with van der Waals surface area (Å²) in [5.41, 5.74) is 0.278. The van der Waals surface area contributed by atoms with Crippen molar-refractivity contribution in [1.82, 2.24) is 0 Å². The molecule has 2 N–H and O–H groups in total. The number of nitrogens with zero attached hydrogens (tertiary/aromatic N) is 1. The summed E-state index contributed by atoms with van der Waals surface area (Å²) in [5.74, 6) is -2.38. The molecule has 1 aliphatic rings. The Hall–Kier alpha value is -2.04. The van der Waals surface area contributed by atoms with Gasteiger partial charge < -0.3 is 15.1 Å². The molecule has 5 heteroatoms. The van der Waals surface area contributed by atoms with Crippen molar-refractivity contribution in [1.29, 1.82) is 0 Å². The van der Waals surface area contributed by atoms with Crippen LogP contribution in [0.15, 0.2) is 18.2 Å². The minimum atomic E-state index is -1.20. The van der Waals surface area contributed by atoms with E-state index in [1.807, 2.05) is 4.90 Å². The Labute approximate surface area is 111 Å². The van der Waals surface area contributed by atoms with E-state index in [9.17, 15) is 14.7 Å². The van der Waals surface area contributed by atoms with E-state index in [1.165, 1.54) is 6.07 Å². The number of hydrogen-bond donors (Lipinski definition) is 2. The standard InChI is InChI=1S/C14H17NO4/c16-13(17)10-6-5-7-11(12(10)14(18)19)15-8-3-1-2-4-9-15/h5-7H,1-4,8-9H2,(H,16,17)(H,18,19). The zero-order chi connectivity index (χ0) is 13.8. The fourth-order valence-corrected chi connectivity index (χ4v) is 2.52. The maximum absolute atomic E-state index is 11.4. The largest absolute Gasteiger partial charge is 0.478 e. The molecule has 0 aromatic heterocycles. The number of hydrogen-bond acceptors (Lipinski definition) is 3. The van der Waals surface area contributed by atoms with Crippen molar-refractivity contribution in [3.05, 3.63) is 29.3 Å². The van der Waals surface area contributed by atoms with E-state index in [0.717, 1.165) is 38.8 Å². The fraction of sp³-hybridized carbons (Fsp3) is 0.429. The smallest absolute Gasteiger partial charge is 0.338 e. The average Bonchev–Trinajstić information content (AvgIpc) is 2.66. The lowest BCUT2D eigenvalue weighted by molar-refractivity contribution is 0.0652. The molecule has 1 aliphatic heterocycles. The second kappa shape index (κ2) is 5.73. The molecule has 1 saturated heterocycles. The molecule has 1 heterocycles. The highest BCUT2D eigenvalue weighted by Gasteiger charge is 2.23. The van der Waals surface area contributed by atoms with Crippen molar-refractivity contribution >= 4 is 17.6 Å². The molecule has 0 saturated carbocycles. The lowest BCUT2D eigenvalue weighted by Crippen LogP contribution is -2.27. The maximum Gasteiger partial charge on any atom is 0.338 e. The topological polar surface area (TPSA) is 77.8 Å². The maximum atomic E-state index is 11.4. The Kier molecular flexibility index (Phi) is 4.04. The number of aromatic carboxylic acids is 2. The van der Waals surface area contributed by atoms with Crippen LogP contribution in [-0.4, -0.2) is 35.2 Å². The molecule has 1 aromatic carbocycles.